The third-order valence-electron chi connectivity index (χ3n) is 2.60. The smallest absolute Gasteiger partial charge is 0.303 e. The molecule has 1 aliphatic rings. The summed E-state index contributed by atoms with van der Waals surface area (Å²) in [6, 6.07) is 0. The molecule has 1 atom stereocenters. The maximum absolute atomic E-state index is 10.4. The summed E-state index contributed by atoms with van der Waals surface area (Å²) in [5.74, 6) is -0.228. The molecular formula is C10H14N2O2S. The largest absolute Gasteiger partial charge is 0.481 e. The summed E-state index contributed by atoms with van der Waals surface area (Å²) in [7, 11) is 0. The van der Waals surface area contributed by atoms with Crippen molar-refractivity contribution in [1.29, 1.82) is 0 Å². The minimum absolute atomic E-state index is 0.176. The molecule has 2 heterocycles. The lowest BCUT2D eigenvalue weighted by Gasteiger charge is -2.02. The number of carboxylic acid groups (broad SMARTS) is 1. The second-order valence-corrected chi connectivity index (χ2v) is 4.69. The van der Waals surface area contributed by atoms with E-state index in [2.05, 4.69) is 15.7 Å². The highest BCUT2D eigenvalue weighted by Gasteiger charge is 2.19. The first-order chi connectivity index (χ1) is 7.25. The molecule has 1 aromatic rings. The number of nitrogens with one attached hydrogen (secondary N) is 1. The van der Waals surface area contributed by atoms with Gasteiger partial charge in [0.2, 0.25) is 0 Å². The molecule has 1 unspecified atom stereocenters. The van der Waals surface area contributed by atoms with Crippen LogP contribution in [-0.4, -0.2) is 29.1 Å². The Morgan fingerprint density at radius 3 is 3.27 bits per heavy atom. The standard InChI is InChI=1S/C10H14N2O2S/c13-10(14)2-1-9-12-8(6-15-9)7-3-4-11-5-7/h6-7,11H,1-5H2,(H,13,14). The van der Waals surface area contributed by atoms with Crippen LogP contribution >= 0.6 is 11.3 Å². The Labute approximate surface area is 92.3 Å². The van der Waals surface area contributed by atoms with Gasteiger partial charge in [-0.05, 0) is 13.0 Å². The van der Waals surface area contributed by atoms with Gasteiger partial charge in [-0.15, -0.1) is 11.3 Å². The Bertz CT molecular complexity index is 345. The van der Waals surface area contributed by atoms with Crippen molar-refractivity contribution in [2.75, 3.05) is 13.1 Å². The summed E-state index contributed by atoms with van der Waals surface area (Å²) < 4.78 is 0. The molecule has 0 radical (unpaired) electrons. The molecule has 82 valence electrons. The van der Waals surface area contributed by atoms with E-state index in [4.69, 9.17) is 5.11 Å². The molecule has 4 nitrogen and oxygen atoms in total. The highest BCUT2D eigenvalue weighted by molar-refractivity contribution is 7.09. The Morgan fingerprint density at radius 1 is 1.73 bits per heavy atom. The third-order valence-corrected chi connectivity index (χ3v) is 3.53. The van der Waals surface area contributed by atoms with Gasteiger partial charge in [-0.25, -0.2) is 4.98 Å². The topological polar surface area (TPSA) is 62.2 Å². The van der Waals surface area contributed by atoms with Crippen LogP contribution in [0.4, 0.5) is 0 Å². The van der Waals surface area contributed by atoms with Crippen LogP contribution < -0.4 is 5.32 Å². The molecule has 0 aromatic carbocycles. The second kappa shape index (κ2) is 4.72. The Balaban J connectivity index is 1.94. The molecule has 2 rings (SSSR count). The fourth-order valence-corrected chi connectivity index (χ4v) is 2.63. The van der Waals surface area contributed by atoms with E-state index in [9.17, 15) is 4.79 Å². The molecule has 0 spiro atoms. The maximum atomic E-state index is 10.4. The number of rotatable bonds is 4. The fourth-order valence-electron chi connectivity index (χ4n) is 1.75. The van der Waals surface area contributed by atoms with Gasteiger partial charge in [0.05, 0.1) is 17.1 Å². The summed E-state index contributed by atoms with van der Waals surface area (Å²) in [6.45, 7) is 2.06. The van der Waals surface area contributed by atoms with E-state index in [1.165, 1.54) is 0 Å². The Morgan fingerprint density at radius 2 is 2.60 bits per heavy atom. The molecule has 5 heteroatoms. The first-order valence-electron chi connectivity index (χ1n) is 5.12. The Kier molecular flexibility index (Phi) is 3.33. The SMILES string of the molecule is O=C(O)CCc1nc(C2CCNC2)cs1. The molecule has 1 aliphatic heterocycles. The van der Waals surface area contributed by atoms with E-state index in [0.717, 1.165) is 30.2 Å². The van der Waals surface area contributed by atoms with Crippen molar-refractivity contribution >= 4 is 17.3 Å². The second-order valence-electron chi connectivity index (χ2n) is 3.75. The van der Waals surface area contributed by atoms with E-state index in [1.54, 1.807) is 11.3 Å². The minimum atomic E-state index is -0.755. The van der Waals surface area contributed by atoms with Crippen LogP contribution in [0.2, 0.25) is 0 Å². The number of nitrogens with zero attached hydrogens (tertiary/aromatic N) is 1. The molecule has 1 fully saturated rings. The van der Waals surface area contributed by atoms with Gasteiger partial charge in [-0.1, -0.05) is 0 Å². The van der Waals surface area contributed by atoms with Gasteiger partial charge in [-0.3, -0.25) is 4.79 Å². The van der Waals surface area contributed by atoms with Crippen molar-refractivity contribution in [2.45, 2.75) is 25.2 Å². The average molecular weight is 226 g/mol. The van der Waals surface area contributed by atoms with E-state index >= 15 is 0 Å². The molecular weight excluding hydrogens is 212 g/mol. The maximum Gasteiger partial charge on any atom is 0.303 e. The lowest BCUT2D eigenvalue weighted by atomic mass is 10.1. The van der Waals surface area contributed by atoms with E-state index < -0.39 is 5.97 Å². The highest BCUT2D eigenvalue weighted by Crippen LogP contribution is 2.24. The number of hydrogen-bond donors (Lipinski definition) is 2. The number of aliphatic carboxylic acids is 1. The van der Waals surface area contributed by atoms with Gasteiger partial charge in [0.25, 0.3) is 0 Å². The van der Waals surface area contributed by atoms with Gasteiger partial charge < -0.3 is 10.4 Å². The fraction of sp³-hybridized carbons (Fsp3) is 0.600. The normalized spacial score (nSPS) is 20.7. The zero-order valence-corrected chi connectivity index (χ0v) is 9.22. The average Bonchev–Trinajstić information content (AvgIpc) is 2.85. The van der Waals surface area contributed by atoms with E-state index in [-0.39, 0.29) is 6.42 Å². The zero-order valence-electron chi connectivity index (χ0n) is 8.40. The van der Waals surface area contributed by atoms with Crippen molar-refractivity contribution in [3.63, 3.8) is 0 Å². The quantitative estimate of drug-likeness (QED) is 0.810. The van der Waals surface area contributed by atoms with Crippen molar-refractivity contribution < 1.29 is 9.90 Å². The number of aryl methyl sites for hydroxylation is 1. The molecule has 0 amide bonds. The van der Waals surface area contributed by atoms with Crippen LogP contribution in [0.3, 0.4) is 0 Å². The summed E-state index contributed by atoms with van der Waals surface area (Å²) in [4.78, 5) is 14.9. The first kappa shape index (κ1) is 10.6. The van der Waals surface area contributed by atoms with Gasteiger partial charge in [0.1, 0.15) is 0 Å². The summed E-state index contributed by atoms with van der Waals surface area (Å²) in [6.07, 6.45) is 1.87. The van der Waals surface area contributed by atoms with Crippen LogP contribution in [0.25, 0.3) is 0 Å². The van der Waals surface area contributed by atoms with E-state index in [1.807, 2.05) is 0 Å². The van der Waals surface area contributed by atoms with Gasteiger partial charge in [0.15, 0.2) is 0 Å². The number of thiazole rings is 1. The van der Waals surface area contributed by atoms with Crippen LogP contribution in [0.15, 0.2) is 5.38 Å². The molecule has 1 aromatic heterocycles. The zero-order chi connectivity index (χ0) is 10.7. The molecule has 0 aliphatic carbocycles. The van der Waals surface area contributed by atoms with Gasteiger partial charge in [0, 0.05) is 24.3 Å². The van der Waals surface area contributed by atoms with Crippen LogP contribution in [0.5, 0.6) is 0 Å². The molecule has 0 saturated carbocycles. The van der Waals surface area contributed by atoms with Crippen LogP contribution in [-0.2, 0) is 11.2 Å². The van der Waals surface area contributed by atoms with Crippen molar-refractivity contribution in [3.05, 3.63) is 16.1 Å². The van der Waals surface area contributed by atoms with Crippen LogP contribution in [0, 0.1) is 0 Å². The van der Waals surface area contributed by atoms with Crippen molar-refractivity contribution in [3.8, 4) is 0 Å². The monoisotopic (exact) mass is 226 g/mol. The van der Waals surface area contributed by atoms with Crippen molar-refractivity contribution in [1.82, 2.24) is 10.3 Å². The highest BCUT2D eigenvalue weighted by atomic mass is 32.1. The molecule has 0 bridgehead atoms. The van der Waals surface area contributed by atoms with Gasteiger partial charge in [-0.2, -0.15) is 0 Å². The predicted molar refractivity (Wildman–Crippen MR) is 58.3 cm³/mol. The lowest BCUT2D eigenvalue weighted by Crippen LogP contribution is -2.08. The summed E-state index contributed by atoms with van der Waals surface area (Å²) in [5, 5.41) is 14.9. The minimum Gasteiger partial charge on any atom is -0.481 e. The number of aromatic nitrogens is 1. The van der Waals surface area contributed by atoms with Gasteiger partial charge >= 0.3 is 5.97 Å². The molecule has 1 saturated heterocycles. The lowest BCUT2D eigenvalue weighted by molar-refractivity contribution is -0.136. The number of carboxylic acids is 1. The Hall–Kier alpha value is -0.940. The number of hydrogen-bond acceptors (Lipinski definition) is 4. The summed E-state index contributed by atoms with van der Waals surface area (Å²) >= 11 is 1.58. The third kappa shape index (κ3) is 2.76. The van der Waals surface area contributed by atoms with Crippen LogP contribution in [0.1, 0.15) is 29.5 Å². The molecule has 15 heavy (non-hydrogen) atoms. The molecule has 2 N–H and O–H groups in total. The van der Waals surface area contributed by atoms with Crippen molar-refractivity contribution in [2.24, 2.45) is 0 Å². The first-order valence-corrected chi connectivity index (χ1v) is 6.00. The predicted octanol–water partition coefficient (Wildman–Crippen LogP) is 1.24. The summed E-state index contributed by atoms with van der Waals surface area (Å²) in [5.41, 5.74) is 1.13. The number of carbonyl (C=O) groups is 1. The van der Waals surface area contributed by atoms with E-state index in [0.29, 0.717) is 12.3 Å².